The van der Waals surface area contributed by atoms with Crippen molar-refractivity contribution in [1.29, 1.82) is 0 Å². The molecule has 0 aliphatic carbocycles. The van der Waals surface area contributed by atoms with E-state index in [1.807, 2.05) is 12.3 Å². The minimum atomic E-state index is 0. The lowest BCUT2D eigenvalue weighted by Gasteiger charge is -2.02. The number of rotatable bonds is 3. The first kappa shape index (κ1) is 12.4. The molecular formula is C12H15NS2. The van der Waals surface area contributed by atoms with Gasteiger partial charge in [-0.2, -0.15) is 12.6 Å². The van der Waals surface area contributed by atoms with Crippen LogP contribution in [0.5, 0.6) is 0 Å². The molecule has 0 saturated heterocycles. The number of nitrogens with zero attached hydrogens (tertiary/aromatic N) is 1. The number of hydrogen-bond donors (Lipinski definition) is 1. The van der Waals surface area contributed by atoms with E-state index in [4.69, 9.17) is 0 Å². The number of aliphatic imine (C=N–C) groups is 1. The molecule has 0 bridgehead atoms. The first-order chi connectivity index (χ1) is 6.90. The Morgan fingerprint density at radius 1 is 1.27 bits per heavy atom. The molecule has 0 saturated carbocycles. The van der Waals surface area contributed by atoms with E-state index < -0.39 is 0 Å². The second kappa shape index (κ2) is 6.03. The highest BCUT2D eigenvalue weighted by Gasteiger charge is 2.09. The Kier molecular flexibility index (Phi) is 4.99. The normalized spacial score (nSPS) is 14.2. The Morgan fingerprint density at radius 3 is 2.67 bits per heavy atom. The number of benzene rings is 1. The molecule has 0 spiro atoms. The van der Waals surface area contributed by atoms with E-state index in [-0.39, 0.29) is 7.43 Å². The van der Waals surface area contributed by atoms with Crippen molar-refractivity contribution in [3.63, 3.8) is 0 Å². The molecule has 1 aliphatic rings. The monoisotopic (exact) mass is 237 g/mol. The first-order valence-electron chi connectivity index (χ1n) is 4.46. The topological polar surface area (TPSA) is 12.4 Å². The summed E-state index contributed by atoms with van der Waals surface area (Å²) in [7, 11) is 0. The van der Waals surface area contributed by atoms with Crippen LogP contribution in [0, 0.1) is 0 Å². The third-order valence-corrected chi connectivity index (χ3v) is 3.50. The number of thiol groups is 1. The van der Waals surface area contributed by atoms with Crippen LogP contribution >= 0.6 is 24.4 Å². The molecule has 0 atom stereocenters. The maximum absolute atomic E-state index is 4.29. The second-order valence-electron chi connectivity index (χ2n) is 3.01. The van der Waals surface area contributed by atoms with E-state index in [2.05, 4.69) is 41.9 Å². The average molecular weight is 237 g/mol. The number of hydrogen-bond acceptors (Lipinski definition) is 3. The van der Waals surface area contributed by atoms with Crippen molar-refractivity contribution >= 4 is 30.6 Å². The lowest BCUT2D eigenvalue weighted by molar-refractivity contribution is 1.19. The molecule has 0 N–H and O–H groups in total. The maximum atomic E-state index is 4.29. The number of thioether (sulfide) groups is 1. The van der Waals surface area contributed by atoms with Gasteiger partial charge in [-0.15, -0.1) is 0 Å². The zero-order chi connectivity index (χ0) is 9.80. The molecule has 1 nitrogen and oxygen atoms in total. The van der Waals surface area contributed by atoms with Gasteiger partial charge in [-0.05, 0) is 17.7 Å². The Hall–Kier alpha value is -0.670. The van der Waals surface area contributed by atoms with Crippen LogP contribution in [0.3, 0.4) is 0 Å². The van der Waals surface area contributed by atoms with Crippen LogP contribution in [0.25, 0.3) is 0 Å². The third-order valence-electron chi connectivity index (χ3n) is 2.00. The first-order valence-corrected chi connectivity index (χ1v) is 5.90. The molecule has 3 heteroatoms. The van der Waals surface area contributed by atoms with Crippen LogP contribution in [-0.2, 0) is 0 Å². The predicted octanol–water partition coefficient (Wildman–Crippen LogP) is 3.68. The van der Waals surface area contributed by atoms with Crippen LogP contribution in [0.1, 0.15) is 7.43 Å². The largest absolute Gasteiger partial charge is 0.288 e. The summed E-state index contributed by atoms with van der Waals surface area (Å²) >= 11 is 6.06. The van der Waals surface area contributed by atoms with Crippen molar-refractivity contribution in [1.82, 2.24) is 0 Å². The molecule has 1 aliphatic heterocycles. The summed E-state index contributed by atoms with van der Waals surface area (Å²) in [6, 6.07) is 10.4. The van der Waals surface area contributed by atoms with E-state index in [9.17, 15) is 0 Å². The molecule has 0 fully saturated rings. The van der Waals surface area contributed by atoms with Gasteiger partial charge in [0.2, 0.25) is 0 Å². The van der Waals surface area contributed by atoms with Crippen molar-refractivity contribution in [2.45, 2.75) is 12.3 Å². The fraction of sp³-hybridized carbons (Fsp3) is 0.250. The lowest BCUT2D eigenvalue weighted by atomic mass is 10.3. The molecule has 2 rings (SSSR count). The van der Waals surface area contributed by atoms with E-state index in [0.29, 0.717) is 0 Å². The van der Waals surface area contributed by atoms with Gasteiger partial charge in [-0.3, -0.25) is 4.99 Å². The Bertz CT molecular complexity index is 368. The Balaban J connectivity index is 0.00000112. The Morgan fingerprint density at radius 2 is 2.00 bits per heavy atom. The van der Waals surface area contributed by atoms with Gasteiger partial charge in [0.25, 0.3) is 0 Å². The van der Waals surface area contributed by atoms with Crippen molar-refractivity contribution < 1.29 is 0 Å². The predicted molar refractivity (Wildman–Crippen MR) is 73.3 cm³/mol. The highest BCUT2D eigenvalue weighted by molar-refractivity contribution is 8.04. The van der Waals surface area contributed by atoms with Crippen molar-refractivity contribution in [3.8, 4) is 0 Å². The van der Waals surface area contributed by atoms with Crippen molar-refractivity contribution in [3.05, 3.63) is 40.8 Å². The highest BCUT2D eigenvalue weighted by atomic mass is 32.2. The van der Waals surface area contributed by atoms with Gasteiger partial charge in [0.05, 0.1) is 6.54 Å². The van der Waals surface area contributed by atoms with Crippen LogP contribution < -0.4 is 0 Å². The van der Waals surface area contributed by atoms with Gasteiger partial charge in [-0.1, -0.05) is 37.4 Å². The molecule has 1 aromatic carbocycles. The van der Waals surface area contributed by atoms with E-state index in [1.54, 1.807) is 11.8 Å². The van der Waals surface area contributed by atoms with Crippen LogP contribution in [-0.4, -0.2) is 18.5 Å². The van der Waals surface area contributed by atoms with E-state index in [1.165, 1.54) is 15.4 Å². The fourth-order valence-electron chi connectivity index (χ4n) is 1.25. The second-order valence-corrected chi connectivity index (χ2v) is 4.44. The summed E-state index contributed by atoms with van der Waals surface area (Å²) in [5, 5.41) is 0. The zero-order valence-electron chi connectivity index (χ0n) is 7.68. The molecule has 0 aromatic heterocycles. The molecule has 1 heterocycles. The highest BCUT2D eigenvalue weighted by Crippen LogP contribution is 2.30. The Labute approximate surface area is 101 Å². The van der Waals surface area contributed by atoms with Gasteiger partial charge in [0.1, 0.15) is 0 Å². The summed E-state index contributed by atoms with van der Waals surface area (Å²) in [5.74, 6) is 0.801. The maximum Gasteiger partial charge on any atom is 0.0622 e. The van der Waals surface area contributed by atoms with Gasteiger partial charge in [-0.25, -0.2) is 0 Å². The van der Waals surface area contributed by atoms with Gasteiger partial charge in [0.15, 0.2) is 0 Å². The van der Waals surface area contributed by atoms with Crippen molar-refractivity contribution in [2.24, 2.45) is 4.99 Å². The summed E-state index contributed by atoms with van der Waals surface area (Å²) in [6.45, 7) is 0.818. The number of allylic oxidation sites excluding steroid dienone is 1. The molecule has 80 valence electrons. The van der Waals surface area contributed by atoms with Crippen LogP contribution in [0.4, 0.5) is 0 Å². The standard InChI is InChI=1S/C11H11NS2.CH4/c13-8-9-6-12-7-11(9)14-10-4-2-1-3-5-10;/h1-5,7,13H,6,8H2;1H4. The van der Waals surface area contributed by atoms with Crippen molar-refractivity contribution in [2.75, 3.05) is 12.3 Å². The summed E-state index contributed by atoms with van der Waals surface area (Å²) in [4.78, 5) is 6.76. The summed E-state index contributed by atoms with van der Waals surface area (Å²) in [6.07, 6.45) is 1.95. The molecule has 0 radical (unpaired) electrons. The quantitative estimate of drug-likeness (QED) is 0.791. The zero-order valence-corrected chi connectivity index (χ0v) is 9.39. The minimum Gasteiger partial charge on any atom is -0.288 e. The lowest BCUT2D eigenvalue weighted by Crippen LogP contribution is -1.88. The van der Waals surface area contributed by atoms with Gasteiger partial charge < -0.3 is 0 Å². The molecule has 15 heavy (non-hydrogen) atoms. The molecule has 0 unspecified atom stereocenters. The van der Waals surface area contributed by atoms with Crippen LogP contribution in [0.2, 0.25) is 0 Å². The molecule has 1 aromatic rings. The smallest absolute Gasteiger partial charge is 0.0622 e. The van der Waals surface area contributed by atoms with Gasteiger partial charge >= 0.3 is 0 Å². The molecular weight excluding hydrogens is 222 g/mol. The van der Waals surface area contributed by atoms with E-state index in [0.717, 1.165) is 12.3 Å². The van der Waals surface area contributed by atoms with E-state index >= 15 is 0 Å². The van der Waals surface area contributed by atoms with Gasteiger partial charge in [0, 0.05) is 21.8 Å². The fourth-order valence-corrected chi connectivity index (χ4v) is 2.58. The summed E-state index contributed by atoms with van der Waals surface area (Å²) in [5.41, 5.74) is 1.32. The molecule has 0 amide bonds. The minimum absolute atomic E-state index is 0. The summed E-state index contributed by atoms with van der Waals surface area (Å²) < 4.78 is 0. The average Bonchev–Trinajstić information content (AvgIpc) is 2.67. The van der Waals surface area contributed by atoms with Crippen LogP contribution in [0.15, 0.2) is 50.7 Å². The third kappa shape index (κ3) is 3.14. The SMILES string of the molecule is C.SCC1=C(Sc2ccccc2)C=NC1.